The molecule has 3 aromatic rings. The third kappa shape index (κ3) is 3.34. The number of benzene rings is 1. The summed E-state index contributed by atoms with van der Waals surface area (Å²) in [5, 5.41) is 4.17. The van der Waals surface area contributed by atoms with Crippen LogP contribution in [-0.2, 0) is 16.1 Å². The highest BCUT2D eigenvalue weighted by Gasteiger charge is 2.49. The van der Waals surface area contributed by atoms with Gasteiger partial charge in [-0.25, -0.2) is 4.98 Å². The van der Waals surface area contributed by atoms with Crippen LogP contribution in [-0.4, -0.2) is 52.2 Å². The molecule has 2 aromatic heterocycles. The van der Waals surface area contributed by atoms with E-state index in [0.29, 0.717) is 32.0 Å². The van der Waals surface area contributed by atoms with Gasteiger partial charge in [-0.3, -0.25) is 4.79 Å². The lowest BCUT2D eigenvalue weighted by Gasteiger charge is -2.52. The number of rotatable bonds is 4. The Kier molecular flexibility index (Phi) is 4.45. The molecule has 1 amide bonds. The topological polar surface area (TPSA) is 67.5 Å². The molecule has 1 N–H and O–H groups in total. The van der Waals surface area contributed by atoms with Gasteiger partial charge < -0.3 is 19.4 Å². The molecule has 28 heavy (non-hydrogen) atoms. The summed E-state index contributed by atoms with van der Waals surface area (Å²) < 4.78 is 12.2. The fourth-order valence-corrected chi connectivity index (χ4v) is 4.77. The first-order valence-electron chi connectivity index (χ1n) is 9.64. The number of carbonyl (C=O) groups is 1. The van der Waals surface area contributed by atoms with Crippen LogP contribution in [0.15, 0.2) is 35.7 Å². The van der Waals surface area contributed by atoms with Crippen molar-refractivity contribution in [2.45, 2.75) is 38.1 Å². The van der Waals surface area contributed by atoms with Crippen molar-refractivity contribution in [3.8, 4) is 0 Å². The third-order valence-corrected chi connectivity index (χ3v) is 6.41. The summed E-state index contributed by atoms with van der Waals surface area (Å²) in [6.07, 6.45) is 1.87. The lowest BCUT2D eigenvalue weighted by atomic mass is 9.84. The van der Waals surface area contributed by atoms with Gasteiger partial charge >= 0.3 is 0 Å². The van der Waals surface area contributed by atoms with Gasteiger partial charge in [0.15, 0.2) is 0 Å². The van der Waals surface area contributed by atoms with Gasteiger partial charge in [0.25, 0.3) is 5.91 Å². The molecular weight excluding hydrogens is 374 g/mol. The molecule has 0 radical (unpaired) electrons. The van der Waals surface area contributed by atoms with Crippen LogP contribution in [0.25, 0.3) is 10.9 Å². The largest absolute Gasteiger partial charge is 0.372 e. The van der Waals surface area contributed by atoms with Gasteiger partial charge in [-0.05, 0) is 25.5 Å². The lowest BCUT2D eigenvalue weighted by molar-refractivity contribution is -0.188. The maximum absolute atomic E-state index is 12.8. The number of aromatic nitrogens is 2. The molecular formula is C21H23N3O3S. The molecule has 0 aliphatic carbocycles. The van der Waals surface area contributed by atoms with E-state index in [-0.39, 0.29) is 17.6 Å². The number of H-pyrrole nitrogens is 1. The second-order valence-corrected chi connectivity index (χ2v) is 8.81. The Morgan fingerprint density at radius 1 is 1.43 bits per heavy atom. The second-order valence-electron chi connectivity index (χ2n) is 7.75. The summed E-state index contributed by atoms with van der Waals surface area (Å²) in [6.45, 7) is 4.47. The molecule has 1 unspecified atom stereocenters. The molecule has 2 aliphatic rings. The van der Waals surface area contributed by atoms with E-state index in [1.165, 1.54) is 0 Å². The van der Waals surface area contributed by atoms with Crippen LogP contribution in [0.5, 0.6) is 0 Å². The first kappa shape index (κ1) is 17.8. The Bertz CT molecular complexity index is 972. The molecule has 7 heteroatoms. The van der Waals surface area contributed by atoms with Crippen LogP contribution in [0.3, 0.4) is 0 Å². The fraction of sp³-hybridized carbons (Fsp3) is 0.429. The maximum Gasteiger partial charge on any atom is 0.270 e. The summed E-state index contributed by atoms with van der Waals surface area (Å²) >= 11 is 1.65. The van der Waals surface area contributed by atoms with Gasteiger partial charge in [0, 0.05) is 29.3 Å². The molecule has 1 atom stereocenters. The number of carbonyl (C=O) groups excluding carboxylic acids is 1. The molecule has 2 fully saturated rings. The van der Waals surface area contributed by atoms with Crippen LogP contribution in [0, 0.1) is 6.92 Å². The predicted octanol–water partition coefficient (Wildman–Crippen LogP) is 3.52. The molecule has 0 bridgehead atoms. The number of nitrogens with one attached hydrogen (secondary N) is 1. The highest BCUT2D eigenvalue weighted by atomic mass is 32.1. The van der Waals surface area contributed by atoms with E-state index < -0.39 is 0 Å². The Morgan fingerprint density at radius 2 is 2.29 bits per heavy atom. The Labute approximate surface area is 167 Å². The van der Waals surface area contributed by atoms with Gasteiger partial charge in [-0.2, -0.15) is 0 Å². The number of aromatic amines is 1. The highest BCUT2D eigenvalue weighted by molar-refractivity contribution is 7.09. The highest BCUT2D eigenvalue weighted by Crippen LogP contribution is 2.36. The van der Waals surface area contributed by atoms with Crippen LogP contribution < -0.4 is 0 Å². The Morgan fingerprint density at radius 3 is 3.07 bits per heavy atom. The molecule has 5 rings (SSSR count). The van der Waals surface area contributed by atoms with Crippen molar-refractivity contribution >= 4 is 28.1 Å². The van der Waals surface area contributed by atoms with E-state index in [4.69, 9.17) is 9.47 Å². The van der Waals surface area contributed by atoms with Gasteiger partial charge in [-0.15, -0.1) is 11.3 Å². The molecule has 1 spiro atoms. The number of hydrogen-bond donors (Lipinski definition) is 1. The van der Waals surface area contributed by atoms with E-state index in [1.807, 2.05) is 42.2 Å². The number of nitrogens with zero attached hydrogens (tertiary/aromatic N) is 2. The predicted molar refractivity (Wildman–Crippen MR) is 108 cm³/mol. The molecule has 0 saturated carbocycles. The summed E-state index contributed by atoms with van der Waals surface area (Å²) in [5.74, 6) is 0.0337. The Balaban J connectivity index is 1.19. The monoisotopic (exact) mass is 397 g/mol. The minimum Gasteiger partial charge on any atom is -0.372 e. The van der Waals surface area contributed by atoms with E-state index in [1.54, 1.807) is 11.3 Å². The number of amides is 1. The van der Waals surface area contributed by atoms with E-state index in [2.05, 4.69) is 15.3 Å². The van der Waals surface area contributed by atoms with Gasteiger partial charge in [-0.1, -0.05) is 18.2 Å². The van der Waals surface area contributed by atoms with Crippen molar-refractivity contribution < 1.29 is 14.3 Å². The molecule has 146 valence electrons. The minimum absolute atomic E-state index is 0.0337. The SMILES string of the molecule is Cc1nc(COC2CCOC3(C2)CN(C(=O)c2cc4ccccc4[nH]2)C3)cs1. The molecule has 4 heterocycles. The van der Waals surface area contributed by atoms with Crippen molar-refractivity contribution in [2.24, 2.45) is 0 Å². The van der Waals surface area contributed by atoms with Crippen LogP contribution in [0.2, 0.25) is 0 Å². The van der Waals surface area contributed by atoms with Gasteiger partial charge in [0.1, 0.15) is 11.3 Å². The number of para-hydroxylation sites is 1. The number of hydrogen-bond acceptors (Lipinski definition) is 5. The van der Waals surface area contributed by atoms with Crippen molar-refractivity contribution in [3.63, 3.8) is 0 Å². The number of aryl methyl sites for hydroxylation is 1. The first-order valence-corrected chi connectivity index (χ1v) is 10.5. The number of ether oxygens (including phenoxy) is 2. The first-order chi connectivity index (χ1) is 13.6. The molecule has 2 aliphatic heterocycles. The molecule has 2 saturated heterocycles. The molecule has 6 nitrogen and oxygen atoms in total. The van der Waals surface area contributed by atoms with Crippen LogP contribution in [0.1, 0.15) is 34.0 Å². The Hall–Kier alpha value is -2.22. The summed E-state index contributed by atoms with van der Waals surface area (Å²) in [5.41, 5.74) is 2.36. The van der Waals surface area contributed by atoms with Crippen molar-refractivity contribution in [1.29, 1.82) is 0 Å². The zero-order chi connectivity index (χ0) is 19.1. The number of thiazole rings is 1. The standard InChI is InChI=1S/C21H23N3O3S/c1-14-22-16(11-28-14)10-26-17-6-7-27-21(9-17)12-24(13-21)20(25)19-8-15-4-2-3-5-18(15)23-19/h2-5,8,11,17,23H,6-7,9-10,12-13H2,1H3. The third-order valence-electron chi connectivity index (χ3n) is 5.59. The van der Waals surface area contributed by atoms with E-state index in [0.717, 1.165) is 34.4 Å². The van der Waals surface area contributed by atoms with Crippen LogP contribution in [0.4, 0.5) is 0 Å². The van der Waals surface area contributed by atoms with E-state index in [9.17, 15) is 4.79 Å². The van der Waals surface area contributed by atoms with Crippen molar-refractivity contribution in [2.75, 3.05) is 19.7 Å². The average Bonchev–Trinajstić information content (AvgIpc) is 3.30. The lowest BCUT2D eigenvalue weighted by Crippen LogP contribution is -2.67. The summed E-state index contributed by atoms with van der Waals surface area (Å²) in [4.78, 5) is 22.4. The maximum atomic E-state index is 12.8. The fourth-order valence-electron chi connectivity index (χ4n) is 4.18. The second kappa shape index (κ2) is 6.99. The zero-order valence-electron chi connectivity index (χ0n) is 15.8. The normalized spacial score (nSPS) is 21.2. The average molecular weight is 398 g/mol. The molecule has 1 aromatic carbocycles. The van der Waals surface area contributed by atoms with Gasteiger partial charge in [0.2, 0.25) is 0 Å². The minimum atomic E-state index is -0.261. The van der Waals surface area contributed by atoms with Crippen molar-refractivity contribution in [1.82, 2.24) is 14.9 Å². The smallest absolute Gasteiger partial charge is 0.270 e. The quantitative estimate of drug-likeness (QED) is 0.731. The number of fused-ring (bicyclic) bond motifs is 1. The zero-order valence-corrected chi connectivity index (χ0v) is 16.6. The van der Waals surface area contributed by atoms with Gasteiger partial charge in [0.05, 0.1) is 36.5 Å². The van der Waals surface area contributed by atoms with Crippen molar-refractivity contribution in [3.05, 3.63) is 52.1 Å². The summed E-state index contributed by atoms with van der Waals surface area (Å²) in [7, 11) is 0. The summed E-state index contributed by atoms with van der Waals surface area (Å²) in [6, 6.07) is 9.86. The van der Waals surface area contributed by atoms with Crippen LogP contribution >= 0.6 is 11.3 Å². The number of likely N-dealkylation sites (tertiary alicyclic amines) is 1. The van der Waals surface area contributed by atoms with E-state index >= 15 is 0 Å².